The number of amides is 1. The van der Waals surface area contributed by atoms with Crippen molar-refractivity contribution in [1.82, 2.24) is 4.90 Å². The number of morpholine rings is 1. The fourth-order valence-electron chi connectivity index (χ4n) is 2.90. The zero-order valence-corrected chi connectivity index (χ0v) is 12.8. The first-order valence-electron chi connectivity index (χ1n) is 6.85. The van der Waals surface area contributed by atoms with Gasteiger partial charge in [0.15, 0.2) is 0 Å². The van der Waals surface area contributed by atoms with Gasteiger partial charge < -0.3 is 9.64 Å². The molecule has 2 rings (SSSR count). The lowest BCUT2D eigenvalue weighted by molar-refractivity contribution is -0.171. The average molecular weight is 279 g/mol. The number of hydrogen-bond donors (Lipinski definition) is 0. The van der Waals surface area contributed by atoms with E-state index in [2.05, 4.69) is 0 Å². The largest absolute Gasteiger partial charge is 0.366 e. The molecule has 1 aliphatic heterocycles. The first-order chi connectivity index (χ1) is 9.10. The molecule has 1 saturated heterocycles. The molecule has 1 aromatic carbocycles. The average Bonchev–Trinajstić information content (AvgIpc) is 2.27. The fourth-order valence-corrected chi connectivity index (χ4v) is 2.90. The molecular formula is C16H22FNO2. The first kappa shape index (κ1) is 15.0. The van der Waals surface area contributed by atoms with Gasteiger partial charge in [-0.25, -0.2) is 4.39 Å². The lowest BCUT2D eigenvalue weighted by atomic mass is 9.98. The van der Waals surface area contributed by atoms with Crippen molar-refractivity contribution in [2.45, 2.75) is 45.8 Å². The Labute approximate surface area is 119 Å². The normalized spacial score (nSPS) is 20.8. The summed E-state index contributed by atoms with van der Waals surface area (Å²) in [5.74, 6) is -0.738. The summed E-state index contributed by atoms with van der Waals surface area (Å²) in [6.07, 6.45) is 0. The van der Waals surface area contributed by atoms with Crippen molar-refractivity contribution in [3.05, 3.63) is 35.1 Å². The lowest BCUT2D eigenvalue weighted by Gasteiger charge is -2.47. The highest BCUT2D eigenvalue weighted by Gasteiger charge is 2.40. The van der Waals surface area contributed by atoms with Crippen LogP contribution in [0.5, 0.6) is 0 Å². The van der Waals surface area contributed by atoms with Crippen molar-refractivity contribution < 1.29 is 13.9 Å². The van der Waals surface area contributed by atoms with Crippen LogP contribution >= 0.6 is 0 Å². The standard InChI is InChI=1S/C16H22FNO2/c1-11-6-7-13(17)12(8-11)14(19)18-9-15(2,3)20-16(4,5)10-18/h6-8H,9-10H2,1-5H3. The molecule has 1 heterocycles. The van der Waals surface area contributed by atoms with Gasteiger partial charge in [0.2, 0.25) is 0 Å². The van der Waals surface area contributed by atoms with Gasteiger partial charge in [-0.2, -0.15) is 0 Å². The van der Waals surface area contributed by atoms with Gasteiger partial charge in [0.1, 0.15) is 5.82 Å². The van der Waals surface area contributed by atoms with Crippen molar-refractivity contribution >= 4 is 5.91 Å². The molecule has 0 radical (unpaired) electrons. The Bertz CT molecular complexity index is 521. The van der Waals surface area contributed by atoms with Gasteiger partial charge in [-0.15, -0.1) is 0 Å². The second-order valence-corrected chi connectivity index (χ2v) is 6.77. The Hall–Kier alpha value is -1.42. The fraction of sp³-hybridized carbons (Fsp3) is 0.562. The number of nitrogens with zero attached hydrogens (tertiary/aromatic N) is 1. The molecule has 3 nitrogen and oxygen atoms in total. The molecule has 1 fully saturated rings. The number of carbonyl (C=O) groups is 1. The van der Waals surface area contributed by atoms with E-state index in [1.165, 1.54) is 6.07 Å². The van der Waals surface area contributed by atoms with Gasteiger partial charge in [-0.1, -0.05) is 11.6 Å². The summed E-state index contributed by atoms with van der Waals surface area (Å²) in [6, 6.07) is 4.62. The van der Waals surface area contributed by atoms with Gasteiger partial charge in [0.25, 0.3) is 5.91 Å². The van der Waals surface area contributed by atoms with Crippen molar-refractivity contribution in [2.75, 3.05) is 13.1 Å². The summed E-state index contributed by atoms with van der Waals surface area (Å²) < 4.78 is 19.8. The van der Waals surface area contributed by atoms with E-state index < -0.39 is 17.0 Å². The third-order valence-electron chi connectivity index (χ3n) is 3.34. The van der Waals surface area contributed by atoms with Crippen molar-refractivity contribution in [3.8, 4) is 0 Å². The van der Waals surface area contributed by atoms with E-state index >= 15 is 0 Å². The number of halogens is 1. The van der Waals surface area contributed by atoms with Gasteiger partial charge in [-0.05, 0) is 46.8 Å². The van der Waals surface area contributed by atoms with E-state index in [1.807, 2.05) is 34.6 Å². The van der Waals surface area contributed by atoms with E-state index in [9.17, 15) is 9.18 Å². The summed E-state index contributed by atoms with van der Waals surface area (Å²) in [5, 5.41) is 0. The van der Waals surface area contributed by atoms with Gasteiger partial charge in [0.05, 0.1) is 16.8 Å². The number of benzene rings is 1. The molecular weight excluding hydrogens is 257 g/mol. The maximum Gasteiger partial charge on any atom is 0.257 e. The van der Waals surface area contributed by atoms with Crippen LogP contribution in [0.25, 0.3) is 0 Å². The van der Waals surface area contributed by atoms with E-state index in [0.29, 0.717) is 13.1 Å². The third kappa shape index (κ3) is 3.18. The van der Waals surface area contributed by atoms with Crippen LogP contribution in [0.1, 0.15) is 43.6 Å². The number of rotatable bonds is 1. The van der Waals surface area contributed by atoms with Crippen LogP contribution in [0, 0.1) is 12.7 Å². The van der Waals surface area contributed by atoms with Crippen LogP contribution in [-0.4, -0.2) is 35.1 Å². The molecule has 110 valence electrons. The van der Waals surface area contributed by atoms with Crippen LogP contribution < -0.4 is 0 Å². The van der Waals surface area contributed by atoms with E-state index in [0.717, 1.165) is 5.56 Å². The van der Waals surface area contributed by atoms with E-state index in [4.69, 9.17) is 4.74 Å². The molecule has 20 heavy (non-hydrogen) atoms. The Morgan fingerprint density at radius 1 is 1.20 bits per heavy atom. The number of carbonyl (C=O) groups excluding carboxylic acids is 1. The number of ether oxygens (including phenoxy) is 1. The highest BCUT2D eigenvalue weighted by Crippen LogP contribution is 2.29. The molecule has 4 heteroatoms. The molecule has 1 amide bonds. The van der Waals surface area contributed by atoms with Crippen LogP contribution in [0.2, 0.25) is 0 Å². The maximum absolute atomic E-state index is 13.9. The summed E-state index contributed by atoms with van der Waals surface area (Å²) >= 11 is 0. The van der Waals surface area contributed by atoms with Gasteiger partial charge in [-0.3, -0.25) is 4.79 Å². The minimum absolute atomic E-state index is 0.138. The smallest absolute Gasteiger partial charge is 0.257 e. The minimum atomic E-state index is -0.470. The molecule has 0 bridgehead atoms. The quantitative estimate of drug-likeness (QED) is 0.790. The van der Waals surface area contributed by atoms with Crippen molar-refractivity contribution in [1.29, 1.82) is 0 Å². The summed E-state index contributed by atoms with van der Waals surface area (Å²) in [4.78, 5) is 14.3. The maximum atomic E-state index is 13.9. The van der Waals surface area contributed by atoms with Crippen LogP contribution in [0.15, 0.2) is 18.2 Å². The van der Waals surface area contributed by atoms with E-state index in [-0.39, 0.29) is 11.5 Å². The van der Waals surface area contributed by atoms with Crippen molar-refractivity contribution in [3.63, 3.8) is 0 Å². The summed E-state index contributed by atoms with van der Waals surface area (Å²) in [7, 11) is 0. The Kier molecular flexibility index (Phi) is 3.63. The van der Waals surface area contributed by atoms with Crippen LogP contribution in [0.4, 0.5) is 4.39 Å². The molecule has 0 spiro atoms. The number of aryl methyl sites for hydroxylation is 1. The van der Waals surface area contributed by atoms with Gasteiger partial charge in [0, 0.05) is 13.1 Å². The predicted octanol–water partition coefficient (Wildman–Crippen LogP) is 3.16. The minimum Gasteiger partial charge on any atom is -0.366 e. The van der Waals surface area contributed by atoms with Crippen molar-refractivity contribution in [2.24, 2.45) is 0 Å². The van der Waals surface area contributed by atoms with Crippen LogP contribution in [0.3, 0.4) is 0 Å². The van der Waals surface area contributed by atoms with Gasteiger partial charge >= 0.3 is 0 Å². The molecule has 0 N–H and O–H groups in total. The SMILES string of the molecule is Cc1ccc(F)c(C(=O)N2CC(C)(C)OC(C)(C)C2)c1. The lowest BCUT2D eigenvalue weighted by Crippen LogP contribution is -2.58. The monoisotopic (exact) mass is 279 g/mol. The molecule has 0 aliphatic carbocycles. The second kappa shape index (κ2) is 4.85. The molecule has 0 unspecified atom stereocenters. The Balaban J connectivity index is 2.31. The highest BCUT2D eigenvalue weighted by atomic mass is 19.1. The topological polar surface area (TPSA) is 29.5 Å². The summed E-state index contributed by atoms with van der Waals surface area (Å²) in [5.41, 5.74) is 0.148. The van der Waals surface area contributed by atoms with E-state index in [1.54, 1.807) is 17.0 Å². The summed E-state index contributed by atoms with van der Waals surface area (Å²) in [6.45, 7) is 10.6. The molecule has 1 aromatic rings. The number of hydrogen-bond acceptors (Lipinski definition) is 2. The molecule has 0 aromatic heterocycles. The Morgan fingerprint density at radius 3 is 2.30 bits per heavy atom. The molecule has 1 aliphatic rings. The zero-order valence-electron chi connectivity index (χ0n) is 12.8. The Morgan fingerprint density at radius 2 is 1.75 bits per heavy atom. The second-order valence-electron chi connectivity index (χ2n) is 6.77. The zero-order chi connectivity index (χ0) is 15.1. The predicted molar refractivity (Wildman–Crippen MR) is 76.3 cm³/mol. The molecule has 0 saturated carbocycles. The highest BCUT2D eigenvalue weighted by molar-refractivity contribution is 5.94. The first-order valence-corrected chi connectivity index (χ1v) is 6.85. The van der Waals surface area contributed by atoms with Crippen LogP contribution in [-0.2, 0) is 4.74 Å². The molecule has 0 atom stereocenters. The third-order valence-corrected chi connectivity index (χ3v) is 3.34.